The van der Waals surface area contributed by atoms with Crippen molar-refractivity contribution in [2.45, 2.75) is 11.3 Å². The second-order valence-corrected chi connectivity index (χ2v) is 8.87. The first-order valence-corrected chi connectivity index (χ1v) is 11.1. The molecule has 0 radical (unpaired) electrons. The van der Waals surface area contributed by atoms with Crippen molar-refractivity contribution in [3.8, 4) is 0 Å². The molecule has 1 aromatic heterocycles. The Hall–Kier alpha value is -2.65. The maximum absolute atomic E-state index is 12.5. The van der Waals surface area contributed by atoms with Crippen molar-refractivity contribution in [3.63, 3.8) is 0 Å². The van der Waals surface area contributed by atoms with E-state index in [0.717, 1.165) is 5.82 Å². The molecule has 0 unspecified atom stereocenters. The Morgan fingerprint density at radius 3 is 2.62 bits per heavy atom. The molecule has 2 aliphatic rings. The Morgan fingerprint density at radius 2 is 1.90 bits per heavy atom. The average Bonchev–Trinajstić information content (AvgIpc) is 2.99. The Balaban J connectivity index is 1.31. The molecule has 0 atom stereocenters. The highest BCUT2D eigenvalue weighted by atomic mass is 35.5. The number of benzene rings is 1. The normalized spacial score (nSPS) is 19.1. The van der Waals surface area contributed by atoms with Crippen LogP contribution in [0.1, 0.15) is 12.0 Å². The van der Waals surface area contributed by atoms with E-state index in [0.29, 0.717) is 42.6 Å². The van der Waals surface area contributed by atoms with Gasteiger partial charge in [0.15, 0.2) is 0 Å². The minimum absolute atomic E-state index is 0.00667. The molecule has 0 bridgehead atoms. The van der Waals surface area contributed by atoms with Crippen molar-refractivity contribution < 1.29 is 13.2 Å². The third-order valence-corrected chi connectivity index (χ3v) is 6.55. The Morgan fingerprint density at radius 1 is 1.14 bits per heavy atom. The fourth-order valence-corrected chi connectivity index (χ4v) is 4.78. The highest BCUT2D eigenvalue weighted by molar-refractivity contribution is 7.90. The number of nitrogens with zero attached hydrogens (tertiary/aromatic N) is 4. The van der Waals surface area contributed by atoms with E-state index in [4.69, 9.17) is 11.6 Å². The number of amides is 1. The number of piperazine rings is 1. The first kappa shape index (κ1) is 19.7. The van der Waals surface area contributed by atoms with Crippen molar-refractivity contribution in [2.75, 3.05) is 37.6 Å². The van der Waals surface area contributed by atoms with Gasteiger partial charge in [0.25, 0.3) is 10.0 Å². The van der Waals surface area contributed by atoms with Crippen molar-refractivity contribution in [2.24, 2.45) is 4.99 Å². The number of pyridine rings is 1. The van der Waals surface area contributed by atoms with E-state index in [1.807, 2.05) is 6.07 Å². The lowest BCUT2D eigenvalue weighted by atomic mass is 10.2. The van der Waals surface area contributed by atoms with Crippen molar-refractivity contribution in [3.05, 3.63) is 53.2 Å². The summed E-state index contributed by atoms with van der Waals surface area (Å²) in [4.78, 5) is 25.3. The number of rotatable bonds is 4. The third kappa shape index (κ3) is 4.20. The number of halogens is 1. The summed E-state index contributed by atoms with van der Waals surface area (Å²) < 4.78 is 26.6. The van der Waals surface area contributed by atoms with Gasteiger partial charge in [-0.25, -0.2) is 13.4 Å². The zero-order chi connectivity index (χ0) is 20.4. The summed E-state index contributed by atoms with van der Waals surface area (Å²) in [6, 6.07) is 10.4. The number of aliphatic imine (C=N–C) groups is 1. The SMILES string of the molecule is O=C(CCN=C1NS(=O)(=O)c2ccccc21)N1CCN(c2ccc(Cl)cn2)CC1. The van der Waals surface area contributed by atoms with E-state index >= 15 is 0 Å². The molecule has 2 aromatic rings. The van der Waals surface area contributed by atoms with Gasteiger partial charge >= 0.3 is 0 Å². The molecule has 2 aliphatic heterocycles. The van der Waals surface area contributed by atoms with E-state index in [-0.39, 0.29) is 23.8 Å². The molecular formula is C19H20ClN5O3S. The van der Waals surface area contributed by atoms with Crippen LogP contribution in [0.15, 0.2) is 52.5 Å². The topological polar surface area (TPSA) is 95.0 Å². The molecule has 152 valence electrons. The Labute approximate surface area is 174 Å². The number of hydrogen-bond acceptors (Lipinski definition) is 6. The smallest absolute Gasteiger partial charge is 0.263 e. The summed E-state index contributed by atoms with van der Waals surface area (Å²) in [5.74, 6) is 1.15. The molecule has 1 N–H and O–H groups in total. The van der Waals surface area contributed by atoms with Gasteiger partial charge in [0, 0.05) is 44.4 Å². The number of fused-ring (bicyclic) bond motifs is 1. The summed E-state index contributed by atoms with van der Waals surface area (Å²) >= 11 is 5.87. The van der Waals surface area contributed by atoms with Crippen LogP contribution in [0, 0.1) is 0 Å². The Bertz CT molecular complexity index is 1050. The summed E-state index contributed by atoms with van der Waals surface area (Å²) in [6.45, 7) is 2.83. The fourth-order valence-electron chi connectivity index (χ4n) is 3.41. The molecule has 3 heterocycles. The first-order chi connectivity index (χ1) is 13.9. The molecule has 1 amide bonds. The van der Waals surface area contributed by atoms with Crippen LogP contribution in [0.2, 0.25) is 5.02 Å². The largest absolute Gasteiger partial charge is 0.353 e. The number of nitrogens with one attached hydrogen (secondary N) is 1. The summed E-state index contributed by atoms with van der Waals surface area (Å²) in [5, 5.41) is 0.594. The van der Waals surface area contributed by atoms with Crippen LogP contribution < -0.4 is 9.62 Å². The van der Waals surface area contributed by atoms with Gasteiger partial charge in [-0.05, 0) is 24.3 Å². The fraction of sp³-hybridized carbons (Fsp3) is 0.316. The molecule has 1 fully saturated rings. The van der Waals surface area contributed by atoms with Crippen molar-refractivity contribution in [1.82, 2.24) is 14.6 Å². The standard InChI is InChI=1S/C19H20ClN5O3S/c20-14-5-6-17(22-13-14)24-9-11-25(12-10-24)18(26)7-8-21-19-15-3-1-2-4-16(15)29(27,28)23-19/h1-6,13H,7-12H2,(H,21,23). The maximum atomic E-state index is 12.5. The first-order valence-electron chi connectivity index (χ1n) is 9.25. The van der Waals surface area contributed by atoms with Crippen LogP contribution >= 0.6 is 11.6 Å². The molecule has 8 nitrogen and oxygen atoms in total. The second kappa shape index (κ2) is 8.00. The molecule has 10 heteroatoms. The Kier molecular flexibility index (Phi) is 5.42. The predicted molar refractivity (Wildman–Crippen MR) is 111 cm³/mol. The van der Waals surface area contributed by atoms with Gasteiger partial charge in [0.05, 0.1) is 16.5 Å². The van der Waals surface area contributed by atoms with Crippen LogP contribution in [0.3, 0.4) is 0 Å². The zero-order valence-corrected chi connectivity index (χ0v) is 17.2. The minimum atomic E-state index is -3.56. The van der Waals surface area contributed by atoms with Gasteiger partial charge < -0.3 is 9.80 Å². The van der Waals surface area contributed by atoms with Gasteiger partial charge in [0.1, 0.15) is 11.7 Å². The summed E-state index contributed by atoms with van der Waals surface area (Å²) in [5.41, 5.74) is 0.545. The van der Waals surface area contributed by atoms with Gasteiger partial charge in [0.2, 0.25) is 5.91 Å². The average molecular weight is 434 g/mol. The van der Waals surface area contributed by atoms with E-state index in [1.54, 1.807) is 41.4 Å². The molecule has 1 aromatic carbocycles. The van der Waals surface area contributed by atoms with E-state index in [2.05, 4.69) is 19.6 Å². The van der Waals surface area contributed by atoms with Crippen molar-refractivity contribution in [1.29, 1.82) is 0 Å². The maximum Gasteiger partial charge on any atom is 0.263 e. The van der Waals surface area contributed by atoms with E-state index < -0.39 is 10.0 Å². The molecule has 0 saturated carbocycles. The number of carbonyl (C=O) groups excluding carboxylic acids is 1. The second-order valence-electron chi connectivity index (χ2n) is 6.78. The van der Waals surface area contributed by atoms with Gasteiger partial charge in [-0.1, -0.05) is 23.7 Å². The highest BCUT2D eigenvalue weighted by Crippen LogP contribution is 2.22. The third-order valence-electron chi connectivity index (χ3n) is 4.93. The summed E-state index contributed by atoms with van der Waals surface area (Å²) in [7, 11) is -3.56. The summed E-state index contributed by atoms with van der Waals surface area (Å²) in [6.07, 6.45) is 1.84. The van der Waals surface area contributed by atoms with E-state index in [9.17, 15) is 13.2 Å². The lowest BCUT2D eigenvalue weighted by molar-refractivity contribution is -0.131. The molecule has 0 spiro atoms. The molecule has 29 heavy (non-hydrogen) atoms. The minimum Gasteiger partial charge on any atom is -0.353 e. The lowest BCUT2D eigenvalue weighted by Crippen LogP contribution is -2.49. The zero-order valence-electron chi connectivity index (χ0n) is 15.6. The molecule has 0 aliphatic carbocycles. The molecule has 1 saturated heterocycles. The van der Waals surface area contributed by atoms with Gasteiger partial charge in [-0.3, -0.25) is 14.5 Å². The number of aromatic nitrogens is 1. The number of carbonyl (C=O) groups is 1. The molecular weight excluding hydrogens is 414 g/mol. The van der Waals surface area contributed by atoms with Gasteiger partial charge in [-0.15, -0.1) is 0 Å². The number of anilines is 1. The van der Waals surface area contributed by atoms with Crippen LogP contribution in [0.4, 0.5) is 5.82 Å². The number of amidine groups is 1. The monoisotopic (exact) mass is 433 g/mol. The van der Waals surface area contributed by atoms with Crippen molar-refractivity contribution >= 4 is 39.2 Å². The van der Waals surface area contributed by atoms with Crippen LogP contribution in [-0.4, -0.2) is 62.8 Å². The van der Waals surface area contributed by atoms with Gasteiger partial charge in [-0.2, -0.15) is 0 Å². The predicted octanol–water partition coefficient (Wildman–Crippen LogP) is 1.51. The lowest BCUT2D eigenvalue weighted by Gasteiger charge is -2.35. The quantitative estimate of drug-likeness (QED) is 0.788. The van der Waals surface area contributed by atoms with Crippen LogP contribution in [-0.2, 0) is 14.8 Å². The number of sulfonamides is 1. The highest BCUT2D eigenvalue weighted by Gasteiger charge is 2.30. The van der Waals surface area contributed by atoms with Crippen LogP contribution in [0.25, 0.3) is 0 Å². The molecule has 4 rings (SSSR count). The van der Waals surface area contributed by atoms with Crippen LogP contribution in [0.5, 0.6) is 0 Å². The van der Waals surface area contributed by atoms with E-state index in [1.165, 1.54) is 0 Å². The number of hydrogen-bond donors (Lipinski definition) is 1.